The number of nitrogens with one attached hydrogen (secondary N) is 1. The molecule has 150 valence electrons. The minimum absolute atomic E-state index is 0.307. The van der Waals surface area contributed by atoms with Gasteiger partial charge < -0.3 is 10.7 Å². The highest BCUT2D eigenvalue weighted by Gasteiger charge is 2.12. The van der Waals surface area contributed by atoms with Gasteiger partial charge in [-0.05, 0) is 30.2 Å². The molecule has 5 rings (SSSR count). The van der Waals surface area contributed by atoms with Gasteiger partial charge in [0, 0.05) is 16.0 Å². The van der Waals surface area contributed by atoms with Crippen molar-refractivity contribution >= 4 is 39.5 Å². The minimum Gasteiger partial charge on any atom is -0.382 e. The van der Waals surface area contributed by atoms with Gasteiger partial charge in [-0.1, -0.05) is 48.9 Å². The van der Waals surface area contributed by atoms with E-state index in [0.717, 1.165) is 28.6 Å². The van der Waals surface area contributed by atoms with Gasteiger partial charge in [-0.15, -0.1) is 0 Å². The highest BCUT2D eigenvalue weighted by Crippen LogP contribution is 2.31. The maximum atomic E-state index is 13.9. The van der Waals surface area contributed by atoms with E-state index >= 15 is 0 Å². The van der Waals surface area contributed by atoms with E-state index in [0.29, 0.717) is 27.5 Å². The van der Waals surface area contributed by atoms with E-state index in [1.165, 1.54) is 18.7 Å². The van der Waals surface area contributed by atoms with Gasteiger partial charge in [0.15, 0.2) is 11.5 Å². The number of hydrogen-bond acceptors (Lipinski definition) is 5. The van der Waals surface area contributed by atoms with Gasteiger partial charge in [0.25, 0.3) is 0 Å². The van der Waals surface area contributed by atoms with Gasteiger partial charge in [-0.2, -0.15) is 0 Å². The van der Waals surface area contributed by atoms with E-state index in [4.69, 9.17) is 17.3 Å². The molecule has 0 bridgehead atoms. The molecule has 6 nitrogen and oxygen atoms in total. The first-order chi connectivity index (χ1) is 14.6. The van der Waals surface area contributed by atoms with Crippen molar-refractivity contribution in [2.45, 2.75) is 13.3 Å². The van der Waals surface area contributed by atoms with Gasteiger partial charge in [-0.3, -0.25) is 0 Å². The number of para-hydroxylation sites is 1. The summed E-state index contributed by atoms with van der Waals surface area (Å²) in [5.41, 5.74) is 9.84. The van der Waals surface area contributed by atoms with E-state index in [2.05, 4.69) is 31.8 Å². The Hall–Kier alpha value is -3.58. The number of rotatable bonds is 2. The van der Waals surface area contributed by atoms with Crippen LogP contribution in [0.1, 0.15) is 12.5 Å². The van der Waals surface area contributed by atoms with E-state index in [1.54, 1.807) is 6.07 Å². The molecule has 30 heavy (non-hydrogen) atoms. The molecule has 0 saturated heterocycles. The van der Waals surface area contributed by atoms with Crippen LogP contribution in [0, 0.1) is 5.82 Å². The number of pyridine rings is 1. The fourth-order valence-electron chi connectivity index (χ4n) is 3.15. The smallest absolute Gasteiger partial charge is 0.182 e. The molecule has 0 radical (unpaired) electrons. The Bertz CT molecular complexity index is 1330. The normalized spacial score (nSPS) is 10.8. The van der Waals surface area contributed by atoms with Gasteiger partial charge in [-0.25, -0.2) is 24.3 Å². The molecule has 0 atom stereocenters. The Morgan fingerprint density at radius 1 is 1.07 bits per heavy atom. The maximum Gasteiger partial charge on any atom is 0.182 e. The van der Waals surface area contributed by atoms with Crippen LogP contribution in [0.5, 0.6) is 0 Å². The maximum absolute atomic E-state index is 13.9. The summed E-state index contributed by atoms with van der Waals surface area (Å²) in [6.45, 7) is 2.06. The second kappa shape index (κ2) is 8.42. The van der Waals surface area contributed by atoms with E-state index in [1.807, 2.05) is 36.4 Å². The van der Waals surface area contributed by atoms with Crippen molar-refractivity contribution in [3.8, 4) is 11.3 Å². The molecule has 0 aliphatic rings. The number of benzene rings is 2. The van der Waals surface area contributed by atoms with Crippen LogP contribution < -0.4 is 5.73 Å². The summed E-state index contributed by atoms with van der Waals surface area (Å²) < 4.78 is 13.9. The molecule has 0 amide bonds. The monoisotopic (exact) mass is 420 g/mol. The summed E-state index contributed by atoms with van der Waals surface area (Å²) >= 11 is 6.24. The van der Waals surface area contributed by atoms with E-state index < -0.39 is 0 Å². The van der Waals surface area contributed by atoms with Gasteiger partial charge in [0.05, 0.1) is 12.0 Å². The van der Waals surface area contributed by atoms with Crippen molar-refractivity contribution < 1.29 is 4.39 Å². The van der Waals surface area contributed by atoms with Crippen molar-refractivity contribution in [1.29, 1.82) is 0 Å². The fraction of sp³-hybridized carbons (Fsp3) is 0.0909. The predicted molar refractivity (Wildman–Crippen MR) is 118 cm³/mol. The zero-order valence-electron chi connectivity index (χ0n) is 16.1. The molecular formula is C22H18ClFN6. The number of anilines is 1. The Kier molecular flexibility index (Phi) is 5.54. The van der Waals surface area contributed by atoms with Crippen molar-refractivity contribution in [2.75, 3.05) is 5.73 Å². The lowest BCUT2D eigenvalue weighted by atomic mass is 10.0. The summed E-state index contributed by atoms with van der Waals surface area (Å²) in [7, 11) is 0. The Labute approximate surface area is 177 Å². The van der Waals surface area contributed by atoms with Crippen molar-refractivity contribution in [1.82, 2.24) is 24.9 Å². The van der Waals surface area contributed by atoms with Crippen LogP contribution in [-0.2, 0) is 6.42 Å². The Morgan fingerprint density at radius 2 is 1.90 bits per heavy atom. The molecule has 3 heterocycles. The highest BCUT2D eigenvalue weighted by molar-refractivity contribution is 6.33. The summed E-state index contributed by atoms with van der Waals surface area (Å²) in [6.07, 6.45) is 3.74. The van der Waals surface area contributed by atoms with Crippen LogP contribution in [0.25, 0.3) is 33.3 Å². The molecular weight excluding hydrogens is 403 g/mol. The third-order valence-corrected chi connectivity index (χ3v) is 4.97. The number of imidazole rings is 1. The number of nitrogens with two attached hydrogens (primary N) is 1. The quantitative estimate of drug-likeness (QED) is 0.409. The van der Waals surface area contributed by atoms with Crippen LogP contribution in [0.4, 0.5) is 10.2 Å². The lowest BCUT2D eigenvalue weighted by molar-refractivity contribution is 0.637. The van der Waals surface area contributed by atoms with Crippen molar-refractivity contribution in [3.63, 3.8) is 0 Å². The lowest BCUT2D eigenvalue weighted by Gasteiger charge is -2.11. The fourth-order valence-corrected chi connectivity index (χ4v) is 3.37. The third kappa shape index (κ3) is 3.79. The molecule has 0 unspecified atom stereocenters. The van der Waals surface area contributed by atoms with E-state index in [-0.39, 0.29) is 5.82 Å². The first-order valence-electron chi connectivity index (χ1n) is 9.31. The SMILES string of the molecule is CCc1cc2cccc(F)c2nc1-c1ccccc1Cl.Nc1ncnc2nc[nH]c12. The number of halogens is 2. The zero-order chi connectivity index (χ0) is 21.1. The second-order valence-electron chi connectivity index (χ2n) is 6.50. The summed E-state index contributed by atoms with van der Waals surface area (Å²) in [4.78, 5) is 18.9. The summed E-state index contributed by atoms with van der Waals surface area (Å²) in [5, 5.41) is 1.45. The highest BCUT2D eigenvalue weighted by atomic mass is 35.5. The minimum atomic E-state index is -0.307. The second-order valence-corrected chi connectivity index (χ2v) is 6.91. The topological polar surface area (TPSA) is 93.4 Å². The number of aromatic amines is 1. The molecule has 3 N–H and O–H groups in total. The number of aromatic nitrogens is 5. The summed E-state index contributed by atoms with van der Waals surface area (Å²) in [6, 6.07) is 14.5. The zero-order valence-corrected chi connectivity index (χ0v) is 16.9. The predicted octanol–water partition coefficient (Wildman–Crippen LogP) is 5.19. The average Bonchev–Trinajstić information content (AvgIpc) is 3.24. The molecule has 8 heteroatoms. The van der Waals surface area contributed by atoms with Crippen LogP contribution >= 0.6 is 11.6 Å². The number of hydrogen-bond donors (Lipinski definition) is 2. The molecule has 2 aromatic carbocycles. The number of aryl methyl sites for hydroxylation is 1. The van der Waals surface area contributed by atoms with Crippen molar-refractivity contribution in [3.05, 3.63) is 77.6 Å². The number of nitrogens with zero attached hydrogens (tertiary/aromatic N) is 4. The molecule has 5 aromatic rings. The van der Waals surface area contributed by atoms with Gasteiger partial charge in [0.1, 0.15) is 23.2 Å². The number of nitrogen functional groups attached to an aromatic ring is 1. The van der Waals surface area contributed by atoms with E-state index in [9.17, 15) is 4.39 Å². The first kappa shape index (κ1) is 19.7. The summed E-state index contributed by atoms with van der Waals surface area (Å²) in [5.74, 6) is 0.126. The first-order valence-corrected chi connectivity index (χ1v) is 9.69. The molecule has 0 aliphatic carbocycles. The van der Waals surface area contributed by atoms with Crippen LogP contribution in [0.3, 0.4) is 0 Å². The van der Waals surface area contributed by atoms with Crippen molar-refractivity contribution in [2.24, 2.45) is 0 Å². The van der Waals surface area contributed by atoms with Crippen LogP contribution in [-0.4, -0.2) is 24.9 Å². The largest absolute Gasteiger partial charge is 0.382 e. The average molecular weight is 421 g/mol. The molecule has 0 fully saturated rings. The molecule has 3 aromatic heterocycles. The number of H-pyrrole nitrogens is 1. The standard InChI is InChI=1S/C17H13ClFN.C5H5N5/c1-2-11-10-12-6-5-9-15(19)17(12)20-16(11)13-7-3-4-8-14(13)18;6-4-3-5(9-1-7-3)10-2-8-4/h3-10H,2H2,1H3;1-2H,(H3,6,7,8,9,10). The Morgan fingerprint density at radius 3 is 2.67 bits per heavy atom. The van der Waals surface area contributed by atoms with Gasteiger partial charge >= 0.3 is 0 Å². The third-order valence-electron chi connectivity index (χ3n) is 4.64. The van der Waals surface area contributed by atoms with Crippen LogP contribution in [0.15, 0.2) is 61.2 Å². The Balaban J connectivity index is 0.000000181. The molecule has 0 aliphatic heterocycles. The molecule has 0 spiro atoms. The number of fused-ring (bicyclic) bond motifs is 2. The molecule has 0 saturated carbocycles. The lowest BCUT2D eigenvalue weighted by Crippen LogP contribution is -1.95. The van der Waals surface area contributed by atoms with Crippen LogP contribution in [0.2, 0.25) is 5.02 Å². The van der Waals surface area contributed by atoms with Gasteiger partial charge in [0.2, 0.25) is 0 Å².